The average molecular weight is 642 g/mol. The average Bonchev–Trinajstić information content (AvgIpc) is 3.05. The molecule has 46 heavy (non-hydrogen) atoms. The quantitative estimate of drug-likeness (QED) is 0.181. The highest BCUT2D eigenvalue weighted by atomic mass is 32.2. The Morgan fingerprint density at radius 3 is 2.15 bits per heavy atom. The number of carbonyl (C=O) groups is 2. The molecule has 0 spiro atoms. The third kappa shape index (κ3) is 8.75. The molecule has 0 unspecified atom stereocenters. The third-order valence-electron chi connectivity index (χ3n) is 7.94. The van der Waals surface area contributed by atoms with E-state index >= 15 is 0 Å². The van der Waals surface area contributed by atoms with Crippen molar-refractivity contribution >= 4 is 27.5 Å². The molecule has 0 saturated heterocycles. The highest BCUT2D eigenvalue weighted by Gasteiger charge is 2.35. The molecule has 2 amide bonds. The third-order valence-corrected chi connectivity index (χ3v) is 9.72. The van der Waals surface area contributed by atoms with Gasteiger partial charge in [-0.05, 0) is 62.6 Å². The van der Waals surface area contributed by atoms with Crippen molar-refractivity contribution in [3.05, 3.63) is 125 Å². The molecule has 0 aliphatic carbocycles. The summed E-state index contributed by atoms with van der Waals surface area (Å²) in [6.07, 6.45) is 0.971. The summed E-state index contributed by atoms with van der Waals surface area (Å²) in [5.74, 6) is -0.366. The molecule has 9 heteroatoms. The van der Waals surface area contributed by atoms with Crippen molar-refractivity contribution in [3.63, 3.8) is 0 Å². The first-order valence-corrected chi connectivity index (χ1v) is 16.9. The van der Waals surface area contributed by atoms with E-state index in [2.05, 4.69) is 5.32 Å². The summed E-state index contributed by atoms with van der Waals surface area (Å²) in [6, 6.07) is 29.4. The lowest BCUT2D eigenvalue weighted by molar-refractivity contribution is -0.140. The van der Waals surface area contributed by atoms with Crippen molar-refractivity contribution in [3.8, 4) is 5.75 Å². The van der Waals surface area contributed by atoms with Gasteiger partial charge in [-0.3, -0.25) is 13.9 Å². The molecule has 2 atom stereocenters. The molecule has 0 saturated carbocycles. The number of sulfonamides is 1. The van der Waals surface area contributed by atoms with Crippen LogP contribution in [0.4, 0.5) is 5.69 Å². The van der Waals surface area contributed by atoms with Crippen molar-refractivity contribution in [2.75, 3.05) is 18.0 Å². The molecule has 0 aliphatic heterocycles. The number of hydrogen-bond acceptors (Lipinski definition) is 5. The zero-order chi connectivity index (χ0) is 33.3. The number of rotatable bonds is 14. The fraction of sp³-hybridized carbons (Fsp3) is 0.297. The molecule has 8 nitrogen and oxygen atoms in total. The van der Waals surface area contributed by atoms with Crippen LogP contribution in [0, 0.1) is 13.8 Å². The topological polar surface area (TPSA) is 96.0 Å². The number of ether oxygens (including phenoxy) is 1. The van der Waals surface area contributed by atoms with Gasteiger partial charge in [0, 0.05) is 25.1 Å². The monoisotopic (exact) mass is 641 g/mol. The summed E-state index contributed by atoms with van der Waals surface area (Å²) in [6.45, 7) is 7.32. The summed E-state index contributed by atoms with van der Waals surface area (Å²) in [4.78, 5) is 30.1. The Morgan fingerprint density at radius 1 is 0.826 bits per heavy atom. The van der Waals surface area contributed by atoms with Gasteiger partial charge >= 0.3 is 0 Å². The van der Waals surface area contributed by atoms with Gasteiger partial charge in [-0.15, -0.1) is 0 Å². The molecule has 0 aromatic heterocycles. The predicted molar refractivity (Wildman–Crippen MR) is 182 cm³/mol. The fourth-order valence-electron chi connectivity index (χ4n) is 5.13. The first-order chi connectivity index (χ1) is 22.0. The summed E-state index contributed by atoms with van der Waals surface area (Å²) >= 11 is 0. The zero-order valence-corrected chi connectivity index (χ0v) is 28.0. The highest BCUT2D eigenvalue weighted by molar-refractivity contribution is 7.92. The van der Waals surface area contributed by atoms with E-state index in [1.807, 2.05) is 82.3 Å². The summed E-state index contributed by atoms with van der Waals surface area (Å²) in [5, 5.41) is 3.06. The summed E-state index contributed by atoms with van der Waals surface area (Å²) < 4.78 is 34.9. The van der Waals surface area contributed by atoms with Crippen molar-refractivity contribution in [1.82, 2.24) is 10.2 Å². The lowest BCUT2D eigenvalue weighted by Gasteiger charge is -2.34. The number of methoxy groups -OCH3 is 1. The van der Waals surface area contributed by atoms with E-state index in [4.69, 9.17) is 4.74 Å². The van der Waals surface area contributed by atoms with Crippen molar-refractivity contribution in [2.24, 2.45) is 0 Å². The van der Waals surface area contributed by atoms with E-state index in [9.17, 15) is 18.0 Å². The van der Waals surface area contributed by atoms with E-state index in [1.165, 1.54) is 24.1 Å². The number of carbonyl (C=O) groups excluding carboxylic acids is 2. The number of nitrogens with one attached hydrogen (secondary N) is 1. The van der Waals surface area contributed by atoms with Crippen LogP contribution in [0.25, 0.3) is 0 Å². The number of anilines is 1. The van der Waals surface area contributed by atoms with Crippen LogP contribution in [0.2, 0.25) is 0 Å². The Bertz CT molecular complexity index is 1730. The van der Waals surface area contributed by atoms with E-state index in [-0.39, 0.29) is 35.5 Å². The van der Waals surface area contributed by atoms with Crippen LogP contribution in [0.3, 0.4) is 0 Å². The fourth-order valence-corrected chi connectivity index (χ4v) is 6.54. The molecule has 4 aromatic rings. The molecule has 4 rings (SSSR count). The molecule has 0 fully saturated rings. The number of amides is 2. The van der Waals surface area contributed by atoms with Gasteiger partial charge in [-0.1, -0.05) is 90.8 Å². The van der Waals surface area contributed by atoms with Crippen LogP contribution in [0.15, 0.2) is 108 Å². The van der Waals surface area contributed by atoms with Crippen LogP contribution >= 0.6 is 0 Å². The standard InChI is InChI=1S/C37H43N3O5S/c1-6-29(4)38-37(42)35(23-30-13-8-7-9-14-30)39(25-31-15-10-12-28(3)22-31)36(41)26-40(32-16-11-17-33(24-32)45-5)46(43,44)34-20-18-27(2)19-21-34/h7-22,24,29,35H,6,23,25-26H2,1-5H3,(H,38,42)/t29-,35+/m0/s1. The van der Waals surface area contributed by atoms with Gasteiger partial charge in [0.15, 0.2) is 0 Å². The minimum atomic E-state index is -4.20. The molecular formula is C37H43N3O5S. The van der Waals surface area contributed by atoms with Gasteiger partial charge in [0.05, 0.1) is 17.7 Å². The number of aryl methyl sites for hydroxylation is 2. The van der Waals surface area contributed by atoms with E-state index < -0.39 is 28.5 Å². The number of nitrogens with zero attached hydrogens (tertiary/aromatic N) is 2. The van der Waals surface area contributed by atoms with E-state index in [0.717, 1.165) is 26.6 Å². The Hall–Kier alpha value is -4.63. The molecule has 0 radical (unpaired) electrons. The van der Waals surface area contributed by atoms with Gasteiger partial charge < -0.3 is 15.0 Å². The Morgan fingerprint density at radius 2 is 1.50 bits per heavy atom. The van der Waals surface area contributed by atoms with Crippen LogP contribution < -0.4 is 14.4 Å². The molecule has 4 aromatic carbocycles. The first-order valence-electron chi connectivity index (χ1n) is 15.4. The van der Waals surface area contributed by atoms with Crippen LogP contribution in [-0.4, -0.2) is 50.9 Å². The summed E-state index contributed by atoms with van der Waals surface area (Å²) in [5.41, 5.74) is 3.90. The second-order valence-corrected chi connectivity index (χ2v) is 13.4. The van der Waals surface area contributed by atoms with Crippen molar-refractivity contribution in [1.29, 1.82) is 0 Å². The Balaban J connectivity index is 1.82. The predicted octanol–water partition coefficient (Wildman–Crippen LogP) is 6.06. The smallest absolute Gasteiger partial charge is 0.264 e. The van der Waals surface area contributed by atoms with Crippen molar-refractivity contribution < 1.29 is 22.7 Å². The Labute approximate surface area is 273 Å². The lowest BCUT2D eigenvalue weighted by Crippen LogP contribution is -2.54. The summed E-state index contributed by atoms with van der Waals surface area (Å²) in [7, 11) is -2.71. The van der Waals surface area contributed by atoms with Gasteiger partial charge in [0.1, 0.15) is 18.3 Å². The van der Waals surface area contributed by atoms with Gasteiger partial charge in [0.25, 0.3) is 10.0 Å². The maximum atomic E-state index is 14.6. The second kappa shape index (κ2) is 15.6. The normalized spacial score (nSPS) is 12.5. The number of benzene rings is 4. The minimum absolute atomic E-state index is 0.0503. The first kappa shape index (κ1) is 34.2. The highest BCUT2D eigenvalue weighted by Crippen LogP contribution is 2.28. The van der Waals surface area contributed by atoms with Gasteiger partial charge in [-0.25, -0.2) is 8.42 Å². The SMILES string of the molecule is CC[C@H](C)NC(=O)[C@@H](Cc1ccccc1)N(Cc1cccc(C)c1)C(=O)CN(c1cccc(OC)c1)S(=O)(=O)c1ccc(C)cc1. The van der Waals surface area contributed by atoms with Crippen molar-refractivity contribution in [2.45, 2.75) is 64.1 Å². The maximum Gasteiger partial charge on any atom is 0.264 e. The molecular weight excluding hydrogens is 598 g/mol. The van der Waals surface area contributed by atoms with Crippen LogP contribution in [0.1, 0.15) is 42.5 Å². The van der Waals surface area contributed by atoms with Crippen LogP contribution in [-0.2, 0) is 32.6 Å². The second-order valence-electron chi connectivity index (χ2n) is 11.6. The van der Waals surface area contributed by atoms with Crippen LogP contribution in [0.5, 0.6) is 5.75 Å². The zero-order valence-electron chi connectivity index (χ0n) is 27.1. The van der Waals surface area contributed by atoms with E-state index in [1.54, 1.807) is 36.4 Å². The molecule has 242 valence electrons. The molecule has 0 heterocycles. The Kier molecular flexibility index (Phi) is 11.6. The van der Waals surface area contributed by atoms with E-state index in [0.29, 0.717) is 12.2 Å². The molecule has 0 bridgehead atoms. The largest absolute Gasteiger partial charge is 0.497 e. The number of hydrogen-bond donors (Lipinski definition) is 1. The van der Waals surface area contributed by atoms with Gasteiger partial charge in [-0.2, -0.15) is 0 Å². The molecule has 0 aliphatic rings. The van der Waals surface area contributed by atoms with Gasteiger partial charge in [0.2, 0.25) is 11.8 Å². The maximum absolute atomic E-state index is 14.6. The minimum Gasteiger partial charge on any atom is -0.497 e. The lowest BCUT2D eigenvalue weighted by atomic mass is 10.0. The molecule has 1 N–H and O–H groups in total.